The molecule has 0 N–H and O–H groups in total. The Labute approximate surface area is 197 Å². The van der Waals surface area contributed by atoms with Crippen LogP contribution in [0.2, 0.25) is 0 Å². The minimum absolute atomic E-state index is 0.215. The van der Waals surface area contributed by atoms with E-state index < -0.39 is 0 Å². The van der Waals surface area contributed by atoms with E-state index in [0.29, 0.717) is 5.88 Å². The van der Waals surface area contributed by atoms with Crippen LogP contribution in [0, 0.1) is 5.82 Å². The molecule has 33 heavy (non-hydrogen) atoms. The van der Waals surface area contributed by atoms with Crippen LogP contribution in [0.4, 0.5) is 10.2 Å². The van der Waals surface area contributed by atoms with Crippen LogP contribution in [0.3, 0.4) is 0 Å². The molecule has 1 fully saturated rings. The van der Waals surface area contributed by atoms with E-state index in [1.54, 1.807) is 6.07 Å². The predicted molar refractivity (Wildman–Crippen MR) is 129 cm³/mol. The molecule has 1 aliphatic rings. The zero-order valence-corrected chi connectivity index (χ0v) is 19.0. The summed E-state index contributed by atoms with van der Waals surface area (Å²) >= 11 is 1.14. The fraction of sp³-hybridized carbons (Fsp3) is 0.231. The molecule has 4 aromatic rings. The van der Waals surface area contributed by atoms with E-state index >= 15 is 0 Å². The van der Waals surface area contributed by atoms with E-state index in [4.69, 9.17) is 4.74 Å². The maximum absolute atomic E-state index is 13.5. The molecule has 0 amide bonds. The van der Waals surface area contributed by atoms with Crippen LogP contribution in [0.25, 0.3) is 0 Å². The van der Waals surface area contributed by atoms with Crippen LogP contribution in [-0.2, 0) is 6.61 Å². The second-order valence-electron chi connectivity index (χ2n) is 8.06. The van der Waals surface area contributed by atoms with Gasteiger partial charge in [0.1, 0.15) is 12.4 Å². The molecule has 0 radical (unpaired) electrons. The van der Waals surface area contributed by atoms with Crippen molar-refractivity contribution in [2.45, 2.75) is 12.6 Å². The van der Waals surface area contributed by atoms with Crippen molar-refractivity contribution < 1.29 is 9.13 Å². The highest BCUT2D eigenvalue weighted by atomic mass is 32.1. The molecular formula is C26H25FN4OS. The highest BCUT2D eigenvalue weighted by Crippen LogP contribution is 2.32. The molecule has 2 heterocycles. The molecule has 168 valence electrons. The lowest BCUT2D eigenvalue weighted by molar-refractivity contribution is 0.211. The van der Waals surface area contributed by atoms with Gasteiger partial charge in [-0.15, -0.1) is 4.37 Å². The Balaban J connectivity index is 1.28. The topological polar surface area (TPSA) is 41.5 Å². The third-order valence-electron chi connectivity index (χ3n) is 5.92. The Hall–Kier alpha value is -3.29. The zero-order valence-electron chi connectivity index (χ0n) is 18.2. The van der Waals surface area contributed by atoms with Crippen LogP contribution in [0.1, 0.15) is 22.7 Å². The van der Waals surface area contributed by atoms with Crippen molar-refractivity contribution in [3.63, 3.8) is 0 Å². The molecule has 1 saturated heterocycles. The lowest BCUT2D eigenvalue weighted by atomic mass is 9.96. The number of benzene rings is 3. The molecule has 0 unspecified atom stereocenters. The highest BCUT2D eigenvalue weighted by molar-refractivity contribution is 6.99. The van der Waals surface area contributed by atoms with Gasteiger partial charge in [-0.1, -0.05) is 72.8 Å². The number of ether oxygens (including phenoxy) is 1. The van der Waals surface area contributed by atoms with Gasteiger partial charge in [0, 0.05) is 26.2 Å². The van der Waals surface area contributed by atoms with Gasteiger partial charge in [0.05, 0.1) is 17.8 Å². The summed E-state index contributed by atoms with van der Waals surface area (Å²) < 4.78 is 28.2. The van der Waals surface area contributed by atoms with Crippen molar-refractivity contribution in [2.75, 3.05) is 31.1 Å². The van der Waals surface area contributed by atoms with Crippen molar-refractivity contribution in [2.24, 2.45) is 0 Å². The van der Waals surface area contributed by atoms with Crippen LogP contribution in [-0.4, -0.2) is 39.8 Å². The maximum atomic E-state index is 13.5. The fourth-order valence-electron chi connectivity index (χ4n) is 4.32. The molecule has 3 aromatic carbocycles. The van der Waals surface area contributed by atoms with Crippen molar-refractivity contribution >= 4 is 17.5 Å². The van der Waals surface area contributed by atoms with Crippen molar-refractivity contribution in [3.8, 4) is 5.88 Å². The van der Waals surface area contributed by atoms with Crippen LogP contribution in [0.15, 0.2) is 84.9 Å². The predicted octanol–water partition coefficient (Wildman–Crippen LogP) is 5.17. The Morgan fingerprint density at radius 1 is 0.818 bits per heavy atom. The number of rotatable bonds is 7. The minimum atomic E-state index is -0.268. The summed E-state index contributed by atoms with van der Waals surface area (Å²) in [5.74, 6) is 1.02. The fourth-order valence-corrected chi connectivity index (χ4v) is 4.84. The summed E-state index contributed by atoms with van der Waals surface area (Å²) in [7, 11) is 0. The third-order valence-corrected chi connectivity index (χ3v) is 6.42. The summed E-state index contributed by atoms with van der Waals surface area (Å²) in [6.07, 6.45) is 0. The van der Waals surface area contributed by atoms with Gasteiger partial charge >= 0.3 is 0 Å². The molecule has 0 saturated carbocycles. The van der Waals surface area contributed by atoms with Gasteiger partial charge in [-0.25, -0.2) is 4.39 Å². The maximum Gasteiger partial charge on any atom is 0.271 e. The number of hydrogen-bond donors (Lipinski definition) is 0. The van der Waals surface area contributed by atoms with Crippen LogP contribution < -0.4 is 9.64 Å². The Morgan fingerprint density at radius 2 is 1.48 bits per heavy atom. The lowest BCUT2D eigenvalue weighted by Crippen LogP contribution is -2.48. The first kappa shape index (κ1) is 21.6. The molecular weight excluding hydrogens is 435 g/mol. The smallest absolute Gasteiger partial charge is 0.271 e. The summed E-state index contributed by atoms with van der Waals surface area (Å²) in [5.41, 5.74) is 3.37. The monoisotopic (exact) mass is 460 g/mol. The summed E-state index contributed by atoms with van der Waals surface area (Å²) in [5, 5.41) is 0. The largest absolute Gasteiger partial charge is 0.470 e. The number of halogens is 1. The van der Waals surface area contributed by atoms with Crippen molar-refractivity contribution in [1.82, 2.24) is 13.6 Å². The van der Waals surface area contributed by atoms with Gasteiger partial charge in [-0.05, 0) is 28.8 Å². The van der Waals surface area contributed by atoms with Gasteiger partial charge in [0.15, 0.2) is 0 Å². The average molecular weight is 461 g/mol. The van der Waals surface area contributed by atoms with Gasteiger partial charge in [0.2, 0.25) is 5.82 Å². The van der Waals surface area contributed by atoms with E-state index in [2.05, 4.69) is 79.2 Å². The van der Waals surface area contributed by atoms with E-state index in [0.717, 1.165) is 49.3 Å². The number of anilines is 1. The molecule has 0 spiro atoms. The van der Waals surface area contributed by atoms with Crippen LogP contribution in [0.5, 0.6) is 5.88 Å². The van der Waals surface area contributed by atoms with Gasteiger partial charge in [-0.3, -0.25) is 4.90 Å². The first-order valence-corrected chi connectivity index (χ1v) is 11.8. The third kappa shape index (κ3) is 5.05. The standard InChI is InChI=1S/C26H25FN4OS/c27-23-13-7-8-20(18-23)19-32-26-25(28-33-29-26)31-16-14-30(15-17-31)24(21-9-3-1-4-10-21)22-11-5-2-6-12-22/h1-13,18,24H,14-17,19H2. The van der Waals surface area contributed by atoms with Crippen LogP contribution >= 0.6 is 11.7 Å². The molecule has 0 atom stereocenters. The summed E-state index contributed by atoms with van der Waals surface area (Å²) in [4.78, 5) is 4.75. The molecule has 0 bridgehead atoms. The first-order chi connectivity index (χ1) is 16.3. The van der Waals surface area contributed by atoms with Gasteiger partial charge in [0.25, 0.3) is 5.88 Å². The lowest BCUT2D eigenvalue weighted by Gasteiger charge is -2.39. The molecule has 0 aliphatic carbocycles. The first-order valence-electron chi connectivity index (χ1n) is 11.1. The quantitative estimate of drug-likeness (QED) is 0.381. The summed E-state index contributed by atoms with van der Waals surface area (Å²) in [6.45, 7) is 3.72. The number of hydrogen-bond acceptors (Lipinski definition) is 6. The van der Waals surface area contributed by atoms with Gasteiger partial charge < -0.3 is 9.64 Å². The van der Waals surface area contributed by atoms with Crippen molar-refractivity contribution in [1.29, 1.82) is 0 Å². The van der Waals surface area contributed by atoms with Gasteiger partial charge in [-0.2, -0.15) is 4.37 Å². The molecule has 5 nitrogen and oxygen atoms in total. The van der Waals surface area contributed by atoms with Crippen molar-refractivity contribution in [3.05, 3.63) is 107 Å². The second kappa shape index (κ2) is 10.1. The second-order valence-corrected chi connectivity index (χ2v) is 8.59. The SMILES string of the molecule is Fc1cccc(COc2nsnc2N2CCN(C(c3ccccc3)c3ccccc3)CC2)c1. The number of aromatic nitrogens is 2. The molecule has 7 heteroatoms. The Kier molecular flexibility index (Phi) is 6.60. The number of nitrogens with zero attached hydrogens (tertiary/aromatic N) is 4. The van der Waals surface area contributed by atoms with E-state index in [-0.39, 0.29) is 18.5 Å². The van der Waals surface area contributed by atoms with E-state index in [1.165, 1.54) is 23.3 Å². The molecule has 1 aliphatic heterocycles. The normalized spacial score (nSPS) is 14.5. The Bertz CT molecular complexity index is 1120. The average Bonchev–Trinajstić information content (AvgIpc) is 3.34. The van der Waals surface area contributed by atoms with E-state index in [9.17, 15) is 4.39 Å². The Morgan fingerprint density at radius 3 is 2.12 bits per heavy atom. The highest BCUT2D eigenvalue weighted by Gasteiger charge is 2.28. The summed E-state index contributed by atoms with van der Waals surface area (Å²) in [6, 6.07) is 28.0. The number of piperazine rings is 1. The molecule has 1 aromatic heterocycles. The minimum Gasteiger partial charge on any atom is -0.470 e. The zero-order chi connectivity index (χ0) is 22.5. The molecule has 5 rings (SSSR count). The van der Waals surface area contributed by atoms with E-state index in [1.807, 2.05) is 6.07 Å².